The van der Waals surface area contributed by atoms with Crippen LogP contribution in [0.15, 0.2) is 30.6 Å². The number of carbonyl (C=O) groups is 1. The highest BCUT2D eigenvalue weighted by atomic mass is 16.2. The van der Waals surface area contributed by atoms with Crippen molar-refractivity contribution >= 4 is 5.91 Å². The molecule has 0 unspecified atom stereocenters. The predicted molar refractivity (Wildman–Crippen MR) is 86.4 cm³/mol. The summed E-state index contributed by atoms with van der Waals surface area (Å²) < 4.78 is 1.56. The molecule has 7 nitrogen and oxygen atoms in total. The summed E-state index contributed by atoms with van der Waals surface area (Å²) in [6.45, 7) is 1.73. The topological polar surface area (TPSA) is 67.2 Å². The third kappa shape index (κ3) is 3.56. The number of hydrogen-bond donors (Lipinski definition) is 0. The van der Waals surface area contributed by atoms with Gasteiger partial charge in [-0.3, -0.25) is 4.79 Å². The molecule has 1 amide bonds. The fraction of sp³-hybridized carbons (Fsp3) is 0.500. The fourth-order valence-electron chi connectivity index (χ4n) is 3.11. The van der Waals surface area contributed by atoms with Crippen molar-refractivity contribution in [3.05, 3.63) is 36.2 Å². The summed E-state index contributed by atoms with van der Waals surface area (Å²) in [6, 6.07) is 7.75. The third-order valence-electron chi connectivity index (χ3n) is 4.17. The van der Waals surface area contributed by atoms with Crippen LogP contribution in [-0.2, 0) is 0 Å². The van der Waals surface area contributed by atoms with Crippen LogP contribution >= 0.6 is 0 Å². The Bertz CT molecular complexity index is 654. The molecule has 1 saturated heterocycles. The number of amides is 1. The van der Waals surface area contributed by atoms with Crippen molar-refractivity contribution in [2.24, 2.45) is 0 Å². The van der Waals surface area contributed by atoms with Crippen molar-refractivity contribution in [3.63, 3.8) is 0 Å². The number of hydrogen-bond acceptors (Lipinski definition) is 5. The molecule has 2 heterocycles. The second-order valence-corrected chi connectivity index (χ2v) is 6.22. The zero-order valence-electron chi connectivity index (χ0n) is 13.6. The lowest BCUT2D eigenvalue weighted by Crippen LogP contribution is -2.48. The molecular weight excluding hydrogens is 292 g/mol. The van der Waals surface area contributed by atoms with Crippen LogP contribution in [0, 0.1) is 0 Å². The second-order valence-electron chi connectivity index (χ2n) is 6.22. The zero-order valence-corrected chi connectivity index (χ0v) is 13.6. The lowest BCUT2D eigenvalue weighted by atomic mass is 10.00. The molecule has 7 heteroatoms. The minimum absolute atomic E-state index is 0.0893. The maximum Gasteiger partial charge on any atom is 0.254 e. The van der Waals surface area contributed by atoms with Gasteiger partial charge in [-0.15, -0.1) is 5.10 Å². The van der Waals surface area contributed by atoms with E-state index in [1.54, 1.807) is 4.68 Å². The molecule has 23 heavy (non-hydrogen) atoms. The molecule has 0 N–H and O–H groups in total. The Labute approximate surface area is 135 Å². The van der Waals surface area contributed by atoms with Crippen molar-refractivity contribution in [1.82, 2.24) is 30.0 Å². The highest BCUT2D eigenvalue weighted by molar-refractivity contribution is 5.95. The van der Waals surface area contributed by atoms with E-state index in [2.05, 4.69) is 34.5 Å². The van der Waals surface area contributed by atoms with Gasteiger partial charge in [0.15, 0.2) is 0 Å². The van der Waals surface area contributed by atoms with E-state index in [-0.39, 0.29) is 11.9 Å². The second kappa shape index (κ2) is 6.87. The normalized spacial score (nSPS) is 18.4. The monoisotopic (exact) mass is 314 g/mol. The molecule has 0 saturated carbocycles. The lowest BCUT2D eigenvalue weighted by Gasteiger charge is -2.37. The van der Waals surface area contributed by atoms with Gasteiger partial charge in [-0.2, -0.15) is 0 Å². The largest absolute Gasteiger partial charge is 0.334 e. The molecule has 1 aromatic carbocycles. The number of carbonyl (C=O) groups excluding carboxylic acids is 1. The maximum absolute atomic E-state index is 13.0. The molecule has 1 atom stereocenters. The number of likely N-dealkylation sites (N-methyl/N-ethyl adjacent to an activating group) is 1. The average Bonchev–Trinajstić information content (AvgIpc) is 3.09. The van der Waals surface area contributed by atoms with Gasteiger partial charge in [0, 0.05) is 24.7 Å². The van der Waals surface area contributed by atoms with Crippen molar-refractivity contribution in [2.75, 3.05) is 27.2 Å². The highest BCUT2D eigenvalue weighted by Gasteiger charge is 2.27. The Morgan fingerprint density at radius 1 is 1.35 bits per heavy atom. The van der Waals surface area contributed by atoms with Crippen LogP contribution in [0.4, 0.5) is 0 Å². The van der Waals surface area contributed by atoms with Crippen LogP contribution < -0.4 is 0 Å². The molecule has 122 valence electrons. The van der Waals surface area contributed by atoms with Crippen molar-refractivity contribution in [1.29, 1.82) is 0 Å². The van der Waals surface area contributed by atoms with Crippen LogP contribution in [-0.4, -0.2) is 69.1 Å². The van der Waals surface area contributed by atoms with E-state index in [1.807, 2.05) is 29.2 Å². The van der Waals surface area contributed by atoms with Gasteiger partial charge < -0.3 is 9.80 Å². The molecule has 3 rings (SSSR count). The number of aromatic nitrogens is 4. The molecule has 0 radical (unpaired) electrons. The SMILES string of the molecule is CN(C)C[C@@H]1CCCCN1C(=O)c1cccc(-n2cnnn2)c1. The van der Waals surface area contributed by atoms with Gasteiger partial charge in [-0.25, -0.2) is 4.68 Å². The smallest absolute Gasteiger partial charge is 0.254 e. The van der Waals surface area contributed by atoms with Crippen LogP contribution in [0.2, 0.25) is 0 Å². The van der Waals surface area contributed by atoms with Crippen LogP contribution in [0.5, 0.6) is 0 Å². The highest BCUT2D eigenvalue weighted by Crippen LogP contribution is 2.21. The first-order valence-corrected chi connectivity index (χ1v) is 7.94. The summed E-state index contributed by atoms with van der Waals surface area (Å²) >= 11 is 0. The van der Waals surface area contributed by atoms with Crippen molar-refractivity contribution in [2.45, 2.75) is 25.3 Å². The molecule has 0 bridgehead atoms. The minimum Gasteiger partial charge on any atom is -0.334 e. The molecule has 1 fully saturated rings. The van der Waals surface area contributed by atoms with Gasteiger partial charge in [-0.05, 0) is 62.0 Å². The van der Waals surface area contributed by atoms with Crippen LogP contribution in [0.3, 0.4) is 0 Å². The first-order valence-electron chi connectivity index (χ1n) is 7.94. The third-order valence-corrected chi connectivity index (χ3v) is 4.17. The van der Waals surface area contributed by atoms with Crippen LogP contribution in [0.25, 0.3) is 5.69 Å². The lowest BCUT2D eigenvalue weighted by molar-refractivity contribution is 0.0574. The Balaban J connectivity index is 1.82. The Morgan fingerprint density at radius 3 is 2.96 bits per heavy atom. The summed E-state index contributed by atoms with van der Waals surface area (Å²) in [5, 5.41) is 11.2. The Kier molecular flexibility index (Phi) is 4.66. The number of piperidine rings is 1. The molecule has 1 aromatic heterocycles. The number of likely N-dealkylation sites (tertiary alicyclic amines) is 1. The van der Waals surface area contributed by atoms with E-state index in [9.17, 15) is 4.79 Å². The number of tetrazole rings is 1. The van der Waals surface area contributed by atoms with Crippen molar-refractivity contribution in [3.8, 4) is 5.69 Å². The van der Waals surface area contributed by atoms with Gasteiger partial charge in [0.1, 0.15) is 6.33 Å². The summed E-state index contributed by atoms with van der Waals surface area (Å²) in [5.41, 5.74) is 1.48. The van der Waals surface area contributed by atoms with E-state index in [1.165, 1.54) is 12.7 Å². The first kappa shape index (κ1) is 15.6. The molecule has 0 aliphatic carbocycles. The molecule has 0 spiro atoms. The summed E-state index contributed by atoms with van der Waals surface area (Å²) in [7, 11) is 4.10. The quantitative estimate of drug-likeness (QED) is 0.849. The number of benzene rings is 1. The van der Waals surface area contributed by atoms with Crippen LogP contribution in [0.1, 0.15) is 29.6 Å². The minimum atomic E-state index is 0.0893. The number of rotatable bonds is 4. The van der Waals surface area contributed by atoms with Gasteiger partial charge in [0.2, 0.25) is 0 Å². The summed E-state index contributed by atoms with van der Waals surface area (Å²) in [5.74, 6) is 0.0893. The Hall–Kier alpha value is -2.28. The zero-order chi connectivity index (χ0) is 16.2. The average molecular weight is 314 g/mol. The van der Waals surface area contributed by atoms with E-state index in [0.717, 1.165) is 31.6 Å². The standard InChI is InChI=1S/C16H22N6O/c1-20(2)11-15-7-3-4-9-21(15)16(23)13-6-5-8-14(10-13)22-12-17-18-19-22/h5-6,8,10,12,15H,3-4,7,9,11H2,1-2H3/t15-/m0/s1. The predicted octanol–water partition coefficient (Wildman–Crippen LogP) is 1.22. The van der Waals surface area contributed by atoms with E-state index in [4.69, 9.17) is 0 Å². The van der Waals surface area contributed by atoms with E-state index >= 15 is 0 Å². The molecular formula is C16H22N6O. The molecule has 1 aliphatic heterocycles. The Morgan fingerprint density at radius 2 is 2.22 bits per heavy atom. The van der Waals surface area contributed by atoms with E-state index < -0.39 is 0 Å². The molecule has 1 aliphatic rings. The van der Waals surface area contributed by atoms with E-state index in [0.29, 0.717) is 5.56 Å². The number of nitrogens with zero attached hydrogens (tertiary/aromatic N) is 6. The maximum atomic E-state index is 13.0. The fourth-order valence-corrected chi connectivity index (χ4v) is 3.11. The first-order chi connectivity index (χ1) is 11.1. The molecule has 2 aromatic rings. The van der Waals surface area contributed by atoms with Gasteiger partial charge >= 0.3 is 0 Å². The summed E-state index contributed by atoms with van der Waals surface area (Å²) in [4.78, 5) is 17.1. The van der Waals surface area contributed by atoms with Gasteiger partial charge in [-0.1, -0.05) is 6.07 Å². The van der Waals surface area contributed by atoms with Crippen molar-refractivity contribution < 1.29 is 4.79 Å². The summed E-state index contributed by atoms with van der Waals surface area (Å²) in [6.07, 6.45) is 4.85. The van der Waals surface area contributed by atoms with Gasteiger partial charge in [0.05, 0.1) is 5.69 Å². The van der Waals surface area contributed by atoms with Gasteiger partial charge in [0.25, 0.3) is 5.91 Å².